The number of rotatable bonds is 5. The summed E-state index contributed by atoms with van der Waals surface area (Å²) >= 11 is 1.47. The molecular weight excluding hydrogens is 258 g/mol. The molecule has 0 unspecified atom stereocenters. The topological polar surface area (TPSA) is 72.0 Å². The number of nitrogens with one attached hydrogen (secondary N) is 1. The molecule has 0 aliphatic heterocycles. The number of hydrogen-bond donors (Lipinski definition) is 2. The quantitative estimate of drug-likeness (QED) is 0.651. The fourth-order valence-electron chi connectivity index (χ4n) is 1.77. The number of aryl methyl sites for hydroxylation is 2. The van der Waals surface area contributed by atoms with Crippen molar-refractivity contribution in [2.75, 3.05) is 6.61 Å². The van der Waals surface area contributed by atoms with Gasteiger partial charge in [-0.25, -0.2) is 4.98 Å². The van der Waals surface area contributed by atoms with Crippen molar-refractivity contribution in [1.82, 2.24) is 4.98 Å². The number of benzene rings is 1. The highest BCUT2D eigenvalue weighted by Gasteiger charge is 2.09. The molecule has 2 rings (SSSR count). The lowest BCUT2D eigenvalue weighted by Crippen LogP contribution is -2.10. The maximum absolute atomic E-state index is 7.44. The molecule has 19 heavy (non-hydrogen) atoms. The Morgan fingerprint density at radius 1 is 1.42 bits per heavy atom. The van der Waals surface area contributed by atoms with Crippen LogP contribution >= 0.6 is 11.3 Å². The van der Waals surface area contributed by atoms with Crippen LogP contribution in [0.2, 0.25) is 0 Å². The molecule has 1 heterocycles. The van der Waals surface area contributed by atoms with Gasteiger partial charge in [0.25, 0.3) is 0 Å². The van der Waals surface area contributed by atoms with Gasteiger partial charge in [0, 0.05) is 6.42 Å². The third kappa shape index (κ3) is 3.54. The van der Waals surface area contributed by atoms with E-state index in [4.69, 9.17) is 15.9 Å². The van der Waals surface area contributed by atoms with Crippen molar-refractivity contribution in [2.45, 2.75) is 20.3 Å². The van der Waals surface area contributed by atoms with Crippen LogP contribution in [0.5, 0.6) is 5.75 Å². The van der Waals surface area contributed by atoms with Crippen molar-refractivity contribution in [1.29, 1.82) is 5.41 Å². The van der Waals surface area contributed by atoms with E-state index in [9.17, 15) is 0 Å². The lowest BCUT2D eigenvalue weighted by molar-refractivity contribution is 0.321. The predicted octanol–water partition coefficient (Wildman–Crippen LogP) is 2.67. The highest BCUT2D eigenvalue weighted by molar-refractivity contribution is 7.13. The molecule has 0 spiro atoms. The third-order valence-electron chi connectivity index (χ3n) is 2.66. The Balaban J connectivity index is 1.92. The Bertz CT molecular complexity index is 592. The van der Waals surface area contributed by atoms with Gasteiger partial charge in [-0.05, 0) is 31.5 Å². The van der Waals surface area contributed by atoms with Crippen LogP contribution in [0.1, 0.15) is 21.1 Å². The van der Waals surface area contributed by atoms with E-state index in [0.29, 0.717) is 6.61 Å². The smallest absolute Gasteiger partial charge is 0.135 e. The van der Waals surface area contributed by atoms with Gasteiger partial charge in [0.2, 0.25) is 0 Å². The van der Waals surface area contributed by atoms with Crippen LogP contribution in [-0.2, 0) is 6.42 Å². The first-order valence-corrected chi connectivity index (χ1v) is 6.88. The lowest BCUT2D eigenvalue weighted by atomic mass is 10.2. The summed E-state index contributed by atoms with van der Waals surface area (Å²) in [7, 11) is 0. The van der Waals surface area contributed by atoms with Gasteiger partial charge in [-0.1, -0.05) is 12.1 Å². The van der Waals surface area contributed by atoms with Crippen LogP contribution in [0.25, 0.3) is 0 Å². The summed E-state index contributed by atoms with van der Waals surface area (Å²) in [5.74, 6) is 0.959. The maximum Gasteiger partial charge on any atom is 0.135 e. The van der Waals surface area contributed by atoms with Crippen LogP contribution in [-0.4, -0.2) is 17.4 Å². The first kappa shape index (κ1) is 13.5. The molecule has 0 saturated carbocycles. The Morgan fingerprint density at radius 2 is 2.21 bits per heavy atom. The van der Waals surface area contributed by atoms with Crippen LogP contribution < -0.4 is 10.5 Å². The van der Waals surface area contributed by atoms with E-state index in [0.717, 1.165) is 27.7 Å². The van der Waals surface area contributed by atoms with Gasteiger partial charge in [-0.2, -0.15) is 0 Å². The van der Waals surface area contributed by atoms with E-state index in [1.807, 2.05) is 38.1 Å². The van der Waals surface area contributed by atoms with Crippen molar-refractivity contribution < 1.29 is 4.74 Å². The standard InChI is InChI=1S/C14H17N3OS/c1-9-4-3-5-11(8-9)18-7-6-12-17-10(2)13(19-12)14(15)16/h3-5,8H,6-7H2,1-2H3,(H3,15,16). The molecule has 2 aromatic rings. The fraction of sp³-hybridized carbons (Fsp3) is 0.286. The maximum atomic E-state index is 7.44. The summed E-state index contributed by atoms with van der Waals surface area (Å²) in [5, 5.41) is 8.40. The number of nitrogen functional groups attached to an aromatic ring is 1. The monoisotopic (exact) mass is 275 g/mol. The summed E-state index contributed by atoms with van der Waals surface area (Å²) < 4.78 is 5.68. The van der Waals surface area contributed by atoms with Crippen molar-refractivity contribution in [3.05, 3.63) is 45.4 Å². The first-order chi connectivity index (χ1) is 9.06. The number of amidine groups is 1. The van der Waals surface area contributed by atoms with Crippen molar-refractivity contribution in [3.63, 3.8) is 0 Å². The molecule has 1 aromatic carbocycles. The molecule has 0 radical (unpaired) electrons. The number of aromatic nitrogens is 1. The van der Waals surface area contributed by atoms with E-state index in [2.05, 4.69) is 4.98 Å². The second kappa shape index (κ2) is 5.84. The number of hydrogen-bond acceptors (Lipinski definition) is 4. The van der Waals surface area contributed by atoms with E-state index < -0.39 is 0 Å². The summed E-state index contributed by atoms with van der Waals surface area (Å²) in [6.07, 6.45) is 0.729. The number of thiazole rings is 1. The molecule has 0 aliphatic rings. The average Bonchev–Trinajstić information content (AvgIpc) is 2.71. The fourth-order valence-corrected chi connectivity index (χ4v) is 2.68. The molecule has 0 bridgehead atoms. The minimum Gasteiger partial charge on any atom is -0.493 e. The molecule has 0 aliphatic carbocycles. The van der Waals surface area contributed by atoms with E-state index in [1.54, 1.807) is 0 Å². The van der Waals surface area contributed by atoms with Crippen LogP contribution in [0.15, 0.2) is 24.3 Å². The summed E-state index contributed by atoms with van der Waals surface area (Å²) in [5.41, 5.74) is 7.49. The van der Waals surface area contributed by atoms with Crippen LogP contribution in [0.3, 0.4) is 0 Å². The number of nitrogens with two attached hydrogens (primary N) is 1. The molecule has 0 atom stereocenters. The second-order valence-electron chi connectivity index (χ2n) is 4.35. The Morgan fingerprint density at radius 3 is 2.84 bits per heavy atom. The van der Waals surface area contributed by atoms with E-state index >= 15 is 0 Å². The summed E-state index contributed by atoms with van der Waals surface area (Å²) in [6.45, 7) is 4.49. The zero-order valence-corrected chi connectivity index (χ0v) is 11.9. The van der Waals surface area contributed by atoms with Gasteiger partial charge < -0.3 is 10.5 Å². The lowest BCUT2D eigenvalue weighted by Gasteiger charge is -2.05. The van der Waals surface area contributed by atoms with Gasteiger partial charge in [0.05, 0.1) is 22.2 Å². The molecule has 1 aromatic heterocycles. The minimum atomic E-state index is 0.0841. The van der Waals surface area contributed by atoms with Crippen molar-refractivity contribution in [2.24, 2.45) is 5.73 Å². The van der Waals surface area contributed by atoms with Gasteiger partial charge in [0.15, 0.2) is 0 Å². The first-order valence-electron chi connectivity index (χ1n) is 6.06. The largest absolute Gasteiger partial charge is 0.493 e. The molecular formula is C14H17N3OS. The molecule has 0 fully saturated rings. The number of nitrogens with zero attached hydrogens (tertiary/aromatic N) is 1. The zero-order valence-electron chi connectivity index (χ0n) is 11.1. The van der Waals surface area contributed by atoms with E-state index in [1.165, 1.54) is 16.9 Å². The highest BCUT2D eigenvalue weighted by atomic mass is 32.1. The Hall–Kier alpha value is -1.88. The predicted molar refractivity (Wildman–Crippen MR) is 78.2 cm³/mol. The van der Waals surface area contributed by atoms with Gasteiger partial charge >= 0.3 is 0 Å². The van der Waals surface area contributed by atoms with Crippen molar-refractivity contribution in [3.8, 4) is 5.75 Å². The molecule has 5 heteroatoms. The highest BCUT2D eigenvalue weighted by Crippen LogP contribution is 2.18. The van der Waals surface area contributed by atoms with Crippen LogP contribution in [0, 0.1) is 19.3 Å². The molecule has 0 amide bonds. The van der Waals surface area contributed by atoms with Gasteiger partial charge in [0.1, 0.15) is 11.6 Å². The normalized spacial score (nSPS) is 10.4. The molecule has 3 N–H and O–H groups in total. The minimum absolute atomic E-state index is 0.0841. The second-order valence-corrected chi connectivity index (χ2v) is 5.43. The SMILES string of the molecule is Cc1cccc(OCCc2nc(C)c(C(=N)N)s2)c1. The van der Waals surface area contributed by atoms with Gasteiger partial charge in [-0.15, -0.1) is 11.3 Å². The zero-order chi connectivity index (χ0) is 13.8. The number of ether oxygens (including phenoxy) is 1. The third-order valence-corrected chi connectivity index (χ3v) is 3.91. The summed E-state index contributed by atoms with van der Waals surface area (Å²) in [4.78, 5) is 5.15. The molecule has 0 saturated heterocycles. The molecule has 100 valence electrons. The van der Waals surface area contributed by atoms with E-state index in [-0.39, 0.29) is 5.84 Å². The average molecular weight is 275 g/mol. The van der Waals surface area contributed by atoms with Crippen LogP contribution in [0.4, 0.5) is 0 Å². The van der Waals surface area contributed by atoms with Gasteiger partial charge in [-0.3, -0.25) is 5.41 Å². The summed E-state index contributed by atoms with van der Waals surface area (Å²) in [6, 6.07) is 7.97. The Labute approximate surface area is 116 Å². The molecule has 4 nitrogen and oxygen atoms in total. The van der Waals surface area contributed by atoms with Crippen molar-refractivity contribution >= 4 is 17.2 Å². The Kier molecular flexibility index (Phi) is 4.16.